The lowest BCUT2D eigenvalue weighted by Crippen LogP contribution is -2.42. The highest BCUT2D eigenvalue weighted by Crippen LogP contribution is 2.20. The zero-order valence-corrected chi connectivity index (χ0v) is 15.9. The predicted molar refractivity (Wildman–Crippen MR) is 103 cm³/mol. The maximum atomic E-state index is 12.4. The molecule has 2 unspecified atom stereocenters. The van der Waals surface area contributed by atoms with Gasteiger partial charge in [-0.15, -0.1) is 0 Å². The molecular weight excluding hydrogens is 340 g/mol. The van der Waals surface area contributed by atoms with E-state index in [0.717, 1.165) is 44.7 Å². The summed E-state index contributed by atoms with van der Waals surface area (Å²) in [6.07, 6.45) is 4.31. The normalized spacial score (nSPS) is 20.6. The Morgan fingerprint density at radius 2 is 2.15 bits per heavy atom. The van der Waals surface area contributed by atoms with E-state index in [0.29, 0.717) is 18.2 Å². The number of nitrogens with zero attached hydrogens (tertiary/aromatic N) is 3. The third kappa shape index (κ3) is 4.22. The molecule has 4 rings (SSSR count). The van der Waals surface area contributed by atoms with Crippen molar-refractivity contribution in [2.24, 2.45) is 5.92 Å². The molecule has 1 aromatic heterocycles. The molecule has 144 valence electrons. The van der Waals surface area contributed by atoms with Gasteiger partial charge in [-0.05, 0) is 29.9 Å². The van der Waals surface area contributed by atoms with Gasteiger partial charge in [0.15, 0.2) is 0 Å². The molecule has 0 saturated carbocycles. The Balaban J connectivity index is 1.27. The number of aliphatic hydroxyl groups is 1. The van der Waals surface area contributed by atoms with Gasteiger partial charge in [0.05, 0.1) is 6.10 Å². The zero-order valence-electron chi connectivity index (χ0n) is 15.9. The molecule has 27 heavy (non-hydrogen) atoms. The van der Waals surface area contributed by atoms with Crippen LogP contribution in [0.15, 0.2) is 30.5 Å². The number of benzene rings is 1. The highest BCUT2D eigenvalue weighted by Gasteiger charge is 2.22. The Labute approximate surface area is 160 Å². The van der Waals surface area contributed by atoms with Crippen LogP contribution in [0, 0.1) is 5.92 Å². The van der Waals surface area contributed by atoms with Gasteiger partial charge >= 0.3 is 0 Å². The molecule has 2 aliphatic rings. The summed E-state index contributed by atoms with van der Waals surface area (Å²) in [6.45, 7) is 5.74. The van der Waals surface area contributed by atoms with Gasteiger partial charge in [-0.1, -0.05) is 31.2 Å². The lowest BCUT2D eigenvalue weighted by atomic mass is 10.00. The molecule has 2 aliphatic heterocycles. The first kappa shape index (κ1) is 18.2. The molecule has 6 heteroatoms. The molecule has 0 saturated heterocycles. The minimum atomic E-state index is -0.587. The van der Waals surface area contributed by atoms with Gasteiger partial charge in [0.25, 0.3) is 5.91 Å². The number of amides is 1. The van der Waals surface area contributed by atoms with E-state index >= 15 is 0 Å². The molecule has 0 aliphatic carbocycles. The predicted octanol–water partition coefficient (Wildman–Crippen LogP) is 1.61. The van der Waals surface area contributed by atoms with Crippen LogP contribution >= 0.6 is 0 Å². The van der Waals surface area contributed by atoms with E-state index in [9.17, 15) is 9.90 Å². The smallest absolute Gasteiger partial charge is 0.271 e. The molecular formula is C21H28N4O2. The topological polar surface area (TPSA) is 70.4 Å². The second kappa shape index (κ2) is 7.82. The summed E-state index contributed by atoms with van der Waals surface area (Å²) in [5.41, 5.74) is 3.19. The molecule has 1 aromatic carbocycles. The lowest BCUT2D eigenvalue weighted by Gasteiger charge is -2.30. The van der Waals surface area contributed by atoms with Crippen LogP contribution < -0.4 is 5.32 Å². The Kier molecular flexibility index (Phi) is 5.27. The first-order valence-electron chi connectivity index (χ1n) is 9.90. The molecule has 0 bridgehead atoms. The second-order valence-corrected chi connectivity index (χ2v) is 7.95. The van der Waals surface area contributed by atoms with E-state index < -0.39 is 6.10 Å². The first-order chi connectivity index (χ1) is 13.1. The number of carbonyl (C=O) groups is 1. The van der Waals surface area contributed by atoms with E-state index in [-0.39, 0.29) is 12.5 Å². The van der Waals surface area contributed by atoms with Gasteiger partial charge < -0.3 is 15.0 Å². The number of carbonyl (C=O) groups excluding carboxylic acids is 1. The van der Waals surface area contributed by atoms with E-state index in [1.807, 2.05) is 6.20 Å². The van der Waals surface area contributed by atoms with Crippen molar-refractivity contribution in [2.45, 2.75) is 45.4 Å². The molecule has 2 atom stereocenters. The van der Waals surface area contributed by atoms with Crippen LogP contribution in [0.5, 0.6) is 0 Å². The summed E-state index contributed by atoms with van der Waals surface area (Å²) in [5, 5.41) is 13.2. The van der Waals surface area contributed by atoms with Crippen LogP contribution in [0.1, 0.15) is 40.8 Å². The van der Waals surface area contributed by atoms with Crippen molar-refractivity contribution in [1.82, 2.24) is 19.8 Å². The molecule has 0 radical (unpaired) electrons. The molecule has 1 amide bonds. The van der Waals surface area contributed by atoms with Crippen LogP contribution in [0.3, 0.4) is 0 Å². The monoisotopic (exact) mass is 368 g/mol. The van der Waals surface area contributed by atoms with Gasteiger partial charge in [-0.3, -0.25) is 9.69 Å². The number of nitrogens with one attached hydrogen (secondary N) is 1. The van der Waals surface area contributed by atoms with E-state index in [1.165, 1.54) is 11.1 Å². The zero-order chi connectivity index (χ0) is 18.8. The van der Waals surface area contributed by atoms with Gasteiger partial charge in [-0.25, -0.2) is 4.98 Å². The largest absolute Gasteiger partial charge is 0.390 e. The standard InChI is InChI=1S/C21H28N4O2/c1-15-6-9-25-14-19(23-20(25)10-15)21(27)22-11-18(26)13-24-8-7-16-4-2-3-5-17(16)12-24/h2-5,14-15,18,26H,6-13H2,1H3,(H,22,27). The van der Waals surface area contributed by atoms with Crippen molar-refractivity contribution >= 4 is 5.91 Å². The number of imidazole rings is 1. The fourth-order valence-corrected chi connectivity index (χ4v) is 4.07. The van der Waals surface area contributed by atoms with Gasteiger partial charge in [-0.2, -0.15) is 0 Å². The second-order valence-electron chi connectivity index (χ2n) is 7.95. The van der Waals surface area contributed by atoms with Crippen molar-refractivity contribution in [3.05, 3.63) is 53.1 Å². The maximum Gasteiger partial charge on any atom is 0.271 e. The Bertz CT molecular complexity index is 816. The number of rotatable bonds is 5. The molecule has 2 aromatic rings. The van der Waals surface area contributed by atoms with Crippen molar-refractivity contribution in [1.29, 1.82) is 0 Å². The summed E-state index contributed by atoms with van der Waals surface area (Å²) in [5.74, 6) is 1.41. The number of aromatic nitrogens is 2. The fraction of sp³-hybridized carbons (Fsp3) is 0.524. The number of hydrogen-bond acceptors (Lipinski definition) is 4. The van der Waals surface area contributed by atoms with Gasteiger partial charge in [0.2, 0.25) is 0 Å². The van der Waals surface area contributed by atoms with Crippen LogP contribution in [-0.2, 0) is 25.9 Å². The minimum Gasteiger partial charge on any atom is -0.390 e. The average molecular weight is 368 g/mol. The fourth-order valence-electron chi connectivity index (χ4n) is 4.07. The average Bonchev–Trinajstić information content (AvgIpc) is 3.09. The van der Waals surface area contributed by atoms with Crippen LogP contribution in [0.2, 0.25) is 0 Å². The molecule has 0 fully saturated rings. The van der Waals surface area contributed by atoms with Gasteiger partial charge in [0.1, 0.15) is 11.5 Å². The Morgan fingerprint density at radius 1 is 1.33 bits per heavy atom. The van der Waals surface area contributed by atoms with Crippen LogP contribution in [0.4, 0.5) is 0 Å². The Morgan fingerprint density at radius 3 is 3.00 bits per heavy atom. The van der Waals surface area contributed by atoms with Crippen molar-refractivity contribution in [3.63, 3.8) is 0 Å². The first-order valence-corrected chi connectivity index (χ1v) is 9.90. The molecule has 2 N–H and O–H groups in total. The highest BCUT2D eigenvalue weighted by molar-refractivity contribution is 5.92. The van der Waals surface area contributed by atoms with Crippen molar-refractivity contribution in [2.75, 3.05) is 19.6 Å². The third-order valence-electron chi connectivity index (χ3n) is 5.66. The molecule has 6 nitrogen and oxygen atoms in total. The summed E-state index contributed by atoms with van der Waals surface area (Å²) >= 11 is 0. The highest BCUT2D eigenvalue weighted by atomic mass is 16.3. The quantitative estimate of drug-likeness (QED) is 0.841. The number of fused-ring (bicyclic) bond motifs is 2. The van der Waals surface area contributed by atoms with Crippen molar-refractivity contribution < 1.29 is 9.90 Å². The Hall–Kier alpha value is -2.18. The summed E-state index contributed by atoms with van der Waals surface area (Å²) in [4.78, 5) is 19.1. The summed E-state index contributed by atoms with van der Waals surface area (Å²) in [7, 11) is 0. The number of aryl methyl sites for hydroxylation is 1. The molecule has 3 heterocycles. The maximum absolute atomic E-state index is 12.4. The number of hydrogen-bond donors (Lipinski definition) is 2. The van der Waals surface area contributed by atoms with E-state index in [1.54, 1.807) is 0 Å². The van der Waals surface area contributed by atoms with Gasteiger partial charge in [0, 0.05) is 45.3 Å². The van der Waals surface area contributed by atoms with Crippen LogP contribution in [0.25, 0.3) is 0 Å². The third-order valence-corrected chi connectivity index (χ3v) is 5.66. The van der Waals surface area contributed by atoms with Crippen molar-refractivity contribution in [3.8, 4) is 0 Å². The SMILES string of the molecule is CC1CCn2cc(C(=O)NCC(O)CN3CCc4ccccc4C3)nc2C1. The van der Waals surface area contributed by atoms with E-state index in [2.05, 4.69) is 51.0 Å². The van der Waals surface area contributed by atoms with E-state index in [4.69, 9.17) is 0 Å². The minimum absolute atomic E-state index is 0.201. The lowest BCUT2D eigenvalue weighted by molar-refractivity contribution is 0.0838. The summed E-state index contributed by atoms with van der Waals surface area (Å²) in [6, 6.07) is 8.46. The number of aliphatic hydroxyl groups excluding tert-OH is 1. The summed E-state index contributed by atoms with van der Waals surface area (Å²) < 4.78 is 2.08. The molecule has 0 spiro atoms. The number of β-amino-alcohol motifs (C(OH)–C–C–N with tert-alkyl or cyclic N) is 1. The van der Waals surface area contributed by atoms with Crippen LogP contribution in [-0.4, -0.2) is 51.2 Å².